The van der Waals surface area contributed by atoms with E-state index in [1.54, 1.807) is 18.2 Å². The smallest absolute Gasteiger partial charge is 0.493 e. The van der Waals surface area contributed by atoms with Crippen molar-refractivity contribution in [3.05, 3.63) is 107 Å². The normalized spacial score (nSPS) is 11.3. The van der Waals surface area contributed by atoms with Crippen LogP contribution in [0.1, 0.15) is 27.1 Å². The monoisotopic (exact) mass is 663 g/mol. The number of fused-ring (bicyclic) bond motifs is 2. The molecule has 5 aromatic carbocycles. The number of amides is 2. The quantitative estimate of drug-likeness (QED) is 0.0760. The molecule has 0 saturated heterocycles. The molecule has 0 aliphatic carbocycles. The average molecular weight is 664 g/mol. The Bertz CT molecular complexity index is 1950. The van der Waals surface area contributed by atoms with Crippen LogP contribution in [0.3, 0.4) is 0 Å². The number of hydrogen-bond donors (Lipinski definition) is 5. The maximum Gasteiger partial charge on any atom is 0.524 e. The number of nitrogens with one attached hydrogen (secondary N) is 2. The van der Waals surface area contributed by atoms with Gasteiger partial charge in [0.15, 0.2) is 5.75 Å². The van der Waals surface area contributed by atoms with Gasteiger partial charge >= 0.3 is 7.82 Å². The molecule has 0 fully saturated rings. The van der Waals surface area contributed by atoms with Crippen LogP contribution in [0.15, 0.2) is 91.0 Å². The van der Waals surface area contributed by atoms with E-state index >= 15 is 0 Å². The Hall–Kier alpha value is -4.64. The summed E-state index contributed by atoms with van der Waals surface area (Å²) in [6.45, 7) is 0.964. The lowest BCUT2D eigenvalue weighted by Gasteiger charge is -2.16. The number of carbonyl (C=O) groups is 2. The van der Waals surface area contributed by atoms with Gasteiger partial charge in [-0.2, -0.15) is 0 Å². The number of benzene rings is 5. The summed E-state index contributed by atoms with van der Waals surface area (Å²) in [5.41, 5.74) is 6.11. The van der Waals surface area contributed by atoms with Gasteiger partial charge in [-0.05, 0) is 70.9 Å². The molecule has 2 amide bonds. The van der Waals surface area contributed by atoms with Crippen LogP contribution < -0.4 is 30.4 Å². The minimum Gasteiger partial charge on any atom is -0.493 e. The highest BCUT2D eigenvalue weighted by atomic mass is 35.5. The van der Waals surface area contributed by atoms with Crippen LogP contribution in [0.4, 0.5) is 5.69 Å². The van der Waals surface area contributed by atoms with Crippen molar-refractivity contribution in [3.8, 4) is 17.2 Å². The fourth-order valence-electron chi connectivity index (χ4n) is 4.71. The minimum atomic E-state index is -4.95. The SMILES string of the molecule is NCCCOc1cc2ccccc2cc1C(=O)NCCOc1cc2ccccc2cc1C(=O)Nc1ccc(Cl)cc1OP(=O)(O)O. The van der Waals surface area contributed by atoms with E-state index in [0.717, 1.165) is 21.5 Å². The van der Waals surface area contributed by atoms with E-state index < -0.39 is 13.7 Å². The van der Waals surface area contributed by atoms with Crippen molar-refractivity contribution in [1.29, 1.82) is 0 Å². The molecular weight excluding hydrogens is 633 g/mol. The van der Waals surface area contributed by atoms with Crippen molar-refractivity contribution in [3.63, 3.8) is 0 Å². The summed E-state index contributed by atoms with van der Waals surface area (Å²) in [6, 6.07) is 26.0. The highest BCUT2D eigenvalue weighted by molar-refractivity contribution is 7.46. The second-order valence-corrected chi connectivity index (χ2v) is 11.8. The molecule has 11 nitrogen and oxygen atoms in total. The van der Waals surface area contributed by atoms with Crippen LogP contribution >= 0.6 is 19.4 Å². The molecule has 0 bridgehead atoms. The van der Waals surface area contributed by atoms with Crippen LogP contribution in [0.2, 0.25) is 5.02 Å². The van der Waals surface area contributed by atoms with Crippen LogP contribution in [-0.4, -0.2) is 47.9 Å². The number of nitrogens with two attached hydrogens (primary N) is 1. The topological polar surface area (TPSA) is 169 Å². The van der Waals surface area contributed by atoms with Gasteiger partial charge in [0.2, 0.25) is 0 Å². The second kappa shape index (κ2) is 14.6. The fraction of sp³-hybridized carbons (Fsp3) is 0.152. The van der Waals surface area contributed by atoms with Crippen molar-refractivity contribution in [2.45, 2.75) is 6.42 Å². The lowest BCUT2D eigenvalue weighted by molar-refractivity contribution is 0.0940. The Balaban J connectivity index is 1.33. The maximum atomic E-state index is 13.5. The Kier molecular flexibility index (Phi) is 10.4. The predicted octanol–water partition coefficient (Wildman–Crippen LogP) is 5.91. The van der Waals surface area contributed by atoms with E-state index in [2.05, 4.69) is 10.6 Å². The van der Waals surface area contributed by atoms with Crippen molar-refractivity contribution < 1.29 is 37.9 Å². The lowest BCUT2D eigenvalue weighted by Crippen LogP contribution is -2.29. The van der Waals surface area contributed by atoms with Crippen LogP contribution in [0, 0.1) is 0 Å². The molecule has 46 heavy (non-hydrogen) atoms. The number of rotatable bonds is 13. The van der Waals surface area contributed by atoms with Gasteiger partial charge in [-0.25, -0.2) is 4.57 Å². The molecule has 0 heterocycles. The van der Waals surface area contributed by atoms with Crippen LogP contribution in [0.25, 0.3) is 21.5 Å². The van der Waals surface area contributed by atoms with E-state index in [4.69, 9.17) is 31.3 Å². The maximum absolute atomic E-state index is 13.5. The van der Waals surface area contributed by atoms with E-state index in [-0.39, 0.29) is 46.8 Å². The molecule has 5 rings (SSSR count). The van der Waals surface area contributed by atoms with E-state index in [1.165, 1.54) is 18.2 Å². The standard InChI is InChI=1S/C33H31ClN3O8P/c34-25-10-11-28(31(20-25)45-46(40,41)42)37-33(39)27-17-22-7-2-4-9-24(22)19-30(27)44-15-13-36-32(38)26-16-21-6-1-3-8-23(21)18-29(26)43-14-5-12-35/h1-4,6-11,16-20H,5,12-15,35H2,(H,36,38)(H,37,39)(H2,40,41,42). The van der Waals surface area contributed by atoms with Gasteiger partial charge in [-0.3, -0.25) is 19.4 Å². The lowest BCUT2D eigenvalue weighted by atomic mass is 10.0. The third kappa shape index (κ3) is 8.33. The summed E-state index contributed by atoms with van der Waals surface area (Å²) in [5.74, 6) is -0.607. The number of phosphoric acid groups is 1. The Morgan fingerprint density at radius 3 is 1.85 bits per heavy atom. The third-order valence-corrected chi connectivity index (χ3v) is 7.52. The second-order valence-electron chi connectivity index (χ2n) is 10.2. The van der Waals surface area contributed by atoms with Crippen LogP contribution in [0.5, 0.6) is 17.2 Å². The number of hydrogen-bond acceptors (Lipinski definition) is 7. The van der Waals surface area contributed by atoms with Gasteiger partial charge in [-0.1, -0.05) is 60.1 Å². The average Bonchev–Trinajstić information content (AvgIpc) is 3.03. The number of phosphoric ester groups is 1. The van der Waals surface area contributed by atoms with E-state index in [1.807, 2.05) is 54.6 Å². The van der Waals surface area contributed by atoms with Crippen molar-refractivity contribution in [2.24, 2.45) is 5.73 Å². The summed E-state index contributed by atoms with van der Waals surface area (Å²) in [6.07, 6.45) is 0.638. The van der Waals surface area contributed by atoms with Crippen LogP contribution in [-0.2, 0) is 4.57 Å². The molecule has 0 unspecified atom stereocenters. The number of anilines is 1. The van der Waals surface area contributed by atoms with Gasteiger partial charge in [0.25, 0.3) is 11.8 Å². The third-order valence-electron chi connectivity index (χ3n) is 6.85. The zero-order valence-corrected chi connectivity index (χ0v) is 26.1. The Morgan fingerprint density at radius 2 is 1.28 bits per heavy atom. The largest absolute Gasteiger partial charge is 0.524 e. The molecular formula is C33H31ClN3O8P. The van der Waals surface area contributed by atoms with Gasteiger partial charge < -0.3 is 30.4 Å². The highest BCUT2D eigenvalue weighted by Gasteiger charge is 2.22. The molecule has 0 atom stereocenters. The number of halogens is 1. The molecule has 0 aliphatic rings. The summed E-state index contributed by atoms with van der Waals surface area (Å²) in [7, 11) is -4.95. The first-order chi connectivity index (χ1) is 22.1. The van der Waals surface area contributed by atoms with E-state index in [9.17, 15) is 23.9 Å². The summed E-state index contributed by atoms with van der Waals surface area (Å²) >= 11 is 5.98. The summed E-state index contributed by atoms with van der Waals surface area (Å²) in [4.78, 5) is 45.4. The molecule has 13 heteroatoms. The first kappa shape index (κ1) is 32.7. The van der Waals surface area contributed by atoms with Gasteiger partial charge in [0, 0.05) is 11.1 Å². The summed E-state index contributed by atoms with van der Waals surface area (Å²) < 4.78 is 28.1. The first-order valence-electron chi connectivity index (χ1n) is 14.3. The molecule has 0 saturated carbocycles. The fourth-order valence-corrected chi connectivity index (χ4v) is 5.28. The molecule has 0 spiro atoms. The zero-order valence-electron chi connectivity index (χ0n) is 24.4. The Morgan fingerprint density at radius 1 is 0.739 bits per heavy atom. The molecule has 238 valence electrons. The minimum absolute atomic E-state index is 0.0102. The summed E-state index contributed by atoms with van der Waals surface area (Å²) in [5, 5.41) is 9.01. The van der Waals surface area contributed by atoms with Gasteiger partial charge in [0.1, 0.15) is 18.1 Å². The molecule has 5 aromatic rings. The predicted molar refractivity (Wildman–Crippen MR) is 177 cm³/mol. The number of carbonyl (C=O) groups excluding carboxylic acids is 2. The van der Waals surface area contributed by atoms with Crippen molar-refractivity contribution in [1.82, 2.24) is 5.32 Å². The first-order valence-corrected chi connectivity index (χ1v) is 16.2. The number of ether oxygens (including phenoxy) is 2. The van der Waals surface area contributed by atoms with E-state index in [0.29, 0.717) is 30.9 Å². The zero-order chi connectivity index (χ0) is 32.7. The molecule has 0 aliphatic heterocycles. The van der Waals surface area contributed by atoms with Crippen molar-refractivity contribution >= 4 is 58.5 Å². The van der Waals surface area contributed by atoms with Gasteiger partial charge in [0.05, 0.1) is 30.0 Å². The molecule has 0 aromatic heterocycles. The Labute approximate surface area is 269 Å². The molecule has 6 N–H and O–H groups in total. The highest BCUT2D eigenvalue weighted by Crippen LogP contribution is 2.42. The molecule has 0 radical (unpaired) electrons. The van der Waals surface area contributed by atoms with Gasteiger partial charge in [-0.15, -0.1) is 0 Å². The van der Waals surface area contributed by atoms with Crippen molar-refractivity contribution in [2.75, 3.05) is 31.6 Å².